The molecule has 4 aromatic rings. The molecule has 0 radical (unpaired) electrons. The van der Waals surface area contributed by atoms with Gasteiger partial charge in [-0.1, -0.05) is 20.4 Å². The molecule has 6 heterocycles. The van der Waals surface area contributed by atoms with Crippen LogP contribution in [0, 0.1) is 5.41 Å². The monoisotopic (exact) mass is 789 g/mol. The number of benzene rings is 1. The van der Waals surface area contributed by atoms with Crippen molar-refractivity contribution in [2.24, 2.45) is 12.5 Å². The molecule has 14 heteroatoms. The van der Waals surface area contributed by atoms with E-state index >= 15 is 0 Å². The van der Waals surface area contributed by atoms with Crippen molar-refractivity contribution >= 4 is 40.5 Å². The van der Waals surface area contributed by atoms with Gasteiger partial charge in [0, 0.05) is 86.8 Å². The van der Waals surface area contributed by atoms with Gasteiger partial charge in [-0.2, -0.15) is 0 Å². The number of fused-ring (bicyclic) bond motifs is 3. The van der Waals surface area contributed by atoms with Crippen LogP contribution in [-0.4, -0.2) is 91.4 Å². The lowest BCUT2D eigenvalue weighted by atomic mass is 9.90. The Morgan fingerprint density at radius 2 is 1.83 bits per heavy atom. The number of aliphatic hydroxyl groups excluding tert-OH is 1. The molecule has 1 aliphatic carbocycles. The third-order valence-electron chi connectivity index (χ3n) is 12.3. The fraction of sp³-hybridized carbons (Fsp3) is 0.477. The van der Waals surface area contributed by atoms with Crippen molar-refractivity contribution < 1.29 is 19.4 Å². The van der Waals surface area contributed by atoms with Crippen LogP contribution in [0.1, 0.15) is 74.8 Å². The van der Waals surface area contributed by atoms with Gasteiger partial charge in [-0.05, 0) is 93.8 Å². The van der Waals surface area contributed by atoms with Crippen LogP contribution in [0.25, 0.3) is 11.3 Å². The van der Waals surface area contributed by atoms with Gasteiger partial charge in [-0.15, -0.1) is 0 Å². The minimum absolute atomic E-state index is 0.0576. The van der Waals surface area contributed by atoms with Crippen LogP contribution in [-0.2, 0) is 42.6 Å². The van der Waals surface area contributed by atoms with Crippen LogP contribution in [0.5, 0.6) is 0 Å². The number of pyridine rings is 1. The smallest absolute Gasteiger partial charge is 0.293 e. The van der Waals surface area contributed by atoms with Gasteiger partial charge in [-0.25, -0.2) is 9.97 Å². The number of nitrogens with zero attached hydrogens (tertiary/aromatic N) is 7. The SMILES string of the molecule is C=CC(=O)Nc1cc(Nc2nc(-c3ccnc(N4CCn5c(cc6c5CC(C)(C)C6)C4=O)c3CO)cn(C)c2=O)ccc1N1CCN(C2C[C@H](C)O[C@@H](C)C2)C[C@@H]1C. The highest BCUT2D eigenvalue weighted by atomic mass is 16.5. The van der Waals surface area contributed by atoms with Crippen molar-refractivity contribution in [3.63, 3.8) is 0 Å². The number of hydrogen-bond donors (Lipinski definition) is 3. The van der Waals surface area contributed by atoms with E-state index in [1.165, 1.54) is 21.9 Å². The summed E-state index contributed by atoms with van der Waals surface area (Å²) in [5.41, 5.74) is 6.33. The van der Waals surface area contributed by atoms with E-state index in [0.717, 1.165) is 51.0 Å². The molecule has 306 valence electrons. The molecule has 3 aliphatic heterocycles. The lowest BCUT2D eigenvalue weighted by Gasteiger charge is -2.47. The molecule has 0 spiro atoms. The van der Waals surface area contributed by atoms with Crippen molar-refractivity contribution in [3.8, 4) is 11.3 Å². The Morgan fingerprint density at radius 3 is 2.55 bits per heavy atom. The second kappa shape index (κ2) is 15.5. The summed E-state index contributed by atoms with van der Waals surface area (Å²) < 4.78 is 9.59. The first-order valence-electron chi connectivity index (χ1n) is 20.4. The Labute approximate surface area is 339 Å². The molecular formula is C44H55N9O5. The van der Waals surface area contributed by atoms with Crippen LogP contribution < -0.4 is 26.0 Å². The molecule has 3 atom stereocenters. The summed E-state index contributed by atoms with van der Waals surface area (Å²) in [7, 11) is 1.64. The number of hydrogen-bond acceptors (Lipinski definition) is 10. The molecule has 58 heavy (non-hydrogen) atoms. The Bertz CT molecular complexity index is 2320. The van der Waals surface area contributed by atoms with Crippen LogP contribution in [0.15, 0.2) is 60.2 Å². The van der Waals surface area contributed by atoms with Crippen molar-refractivity contribution in [3.05, 3.63) is 88.2 Å². The van der Waals surface area contributed by atoms with Gasteiger partial charge < -0.3 is 34.5 Å². The summed E-state index contributed by atoms with van der Waals surface area (Å²) in [6.07, 6.45) is 8.83. The molecule has 1 aromatic carbocycles. The van der Waals surface area contributed by atoms with Gasteiger partial charge in [0.05, 0.1) is 35.9 Å². The number of aryl methyl sites for hydroxylation is 1. The van der Waals surface area contributed by atoms with Crippen LogP contribution in [0.4, 0.5) is 28.7 Å². The first kappa shape index (κ1) is 39.5. The number of amides is 2. The maximum absolute atomic E-state index is 14.0. The Kier molecular flexibility index (Phi) is 10.5. The van der Waals surface area contributed by atoms with Gasteiger partial charge in [0.15, 0.2) is 5.82 Å². The van der Waals surface area contributed by atoms with Gasteiger partial charge in [-0.3, -0.25) is 24.2 Å². The molecule has 14 nitrogen and oxygen atoms in total. The number of piperazine rings is 1. The molecule has 4 aliphatic rings. The van der Waals surface area contributed by atoms with Crippen LogP contribution in [0.3, 0.4) is 0 Å². The molecular weight excluding hydrogens is 735 g/mol. The highest BCUT2D eigenvalue weighted by Crippen LogP contribution is 2.40. The normalized spacial score (nSPS) is 23.1. The van der Waals surface area contributed by atoms with Crippen LogP contribution >= 0.6 is 0 Å². The Morgan fingerprint density at radius 1 is 1.05 bits per heavy atom. The fourth-order valence-electron chi connectivity index (χ4n) is 9.67. The van der Waals surface area contributed by atoms with Gasteiger partial charge in [0.25, 0.3) is 11.5 Å². The van der Waals surface area contributed by atoms with Gasteiger partial charge in [0.1, 0.15) is 11.5 Å². The molecule has 3 aromatic heterocycles. The predicted molar refractivity (Wildman–Crippen MR) is 226 cm³/mol. The molecule has 0 bridgehead atoms. The Hall–Kier alpha value is -5.31. The number of aromatic nitrogens is 4. The molecule has 2 amide bonds. The van der Waals surface area contributed by atoms with Crippen molar-refractivity contribution in [2.45, 2.75) is 97.7 Å². The predicted octanol–water partition coefficient (Wildman–Crippen LogP) is 5.26. The molecule has 0 saturated carbocycles. The van der Waals surface area contributed by atoms with E-state index in [4.69, 9.17) is 9.72 Å². The lowest BCUT2D eigenvalue weighted by molar-refractivity contribution is -0.111. The highest BCUT2D eigenvalue weighted by molar-refractivity contribution is 6.06. The van der Waals surface area contributed by atoms with E-state index in [0.29, 0.717) is 58.8 Å². The molecule has 2 saturated heterocycles. The maximum atomic E-state index is 14.0. The Balaban J connectivity index is 1.06. The first-order valence-corrected chi connectivity index (χ1v) is 20.4. The maximum Gasteiger partial charge on any atom is 0.293 e. The zero-order valence-electron chi connectivity index (χ0n) is 34.4. The van der Waals surface area contributed by atoms with Crippen molar-refractivity contribution in [2.75, 3.05) is 46.6 Å². The van der Waals surface area contributed by atoms with Crippen LogP contribution in [0.2, 0.25) is 0 Å². The highest BCUT2D eigenvalue weighted by Gasteiger charge is 2.38. The average Bonchev–Trinajstić information content (AvgIpc) is 3.68. The number of carbonyl (C=O) groups is 2. The lowest BCUT2D eigenvalue weighted by Crippen LogP contribution is -2.57. The molecule has 8 rings (SSSR count). The zero-order valence-corrected chi connectivity index (χ0v) is 34.4. The third kappa shape index (κ3) is 7.44. The molecule has 0 unspecified atom stereocenters. The van der Waals surface area contributed by atoms with E-state index in [-0.39, 0.29) is 46.9 Å². The summed E-state index contributed by atoms with van der Waals surface area (Å²) in [5.74, 6) is -0.0731. The number of anilines is 5. The van der Waals surface area contributed by atoms with E-state index in [1.807, 2.05) is 24.3 Å². The second-order valence-corrected chi connectivity index (χ2v) is 17.3. The summed E-state index contributed by atoms with van der Waals surface area (Å²) in [6.45, 7) is 17.9. The standard InChI is InChI=1S/C44H55N9O5/c1-8-39(55)47-34-20-30(9-10-36(34)51-14-13-50(23-26(51)2)31-17-27(3)58-28(4)18-31)46-40-43(57)49(7)24-35(48-40)32-11-12-45-41(33(32)25-54)53-16-15-52-37(42(53)56)19-29-21-44(5,6)22-38(29)52/h8-12,19-20,24,26-28,31,54H,1,13-18,21-23,25H2,2-7H3,(H,46,48)(H,47,55)/t26-,27-,28-/m0/s1. The number of nitrogens with one attached hydrogen (secondary N) is 2. The number of carbonyl (C=O) groups excluding carboxylic acids is 2. The molecule has 2 fully saturated rings. The quantitative estimate of drug-likeness (QED) is 0.192. The third-order valence-corrected chi connectivity index (χ3v) is 12.3. The summed E-state index contributed by atoms with van der Waals surface area (Å²) >= 11 is 0. The first-order chi connectivity index (χ1) is 27.7. The number of aliphatic hydroxyl groups is 1. The topological polar surface area (TPSA) is 150 Å². The minimum Gasteiger partial charge on any atom is -0.392 e. The summed E-state index contributed by atoms with van der Waals surface area (Å²) in [4.78, 5) is 56.2. The summed E-state index contributed by atoms with van der Waals surface area (Å²) in [5, 5.41) is 17.0. The minimum atomic E-state index is -0.394. The van der Waals surface area contributed by atoms with E-state index in [9.17, 15) is 19.5 Å². The second-order valence-electron chi connectivity index (χ2n) is 17.3. The van der Waals surface area contributed by atoms with E-state index < -0.39 is 6.61 Å². The summed E-state index contributed by atoms with van der Waals surface area (Å²) in [6, 6.07) is 10.1. The zero-order chi connectivity index (χ0) is 41.0. The average molecular weight is 790 g/mol. The fourth-order valence-corrected chi connectivity index (χ4v) is 9.67. The number of rotatable bonds is 9. The van der Waals surface area contributed by atoms with E-state index in [1.54, 1.807) is 30.4 Å². The van der Waals surface area contributed by atoms with E-state index in [2.05, 4.69) is 71.2 Å². The molecule has 3 N–H and O–H groups in total. The van der Waals surface area contributed by atoms with Crippen molar-refractivity contribution in [1.82, 2.24) is 24.0 Å². The van der Waals surface area contributed by atoms with Crippen molar-refractivity contribution in [1.29, 1.82) is 0 Å². The van der Waals surface area contributed by atoms with Gasteiger partial charge in [0.2, 0.25) is 5.91 Å². The largest absolute Gasteiger partial charge is 0.392 e. The number of ether oxygens (including phenoxy) is 1. The van der Waals surface area contributed by atoms with Gasteiger partial charge >= 0.3 is 0 Å².